The van der Waals surface area contributed by atoms with Gasteiger partial charge in [-0.05, 0) is 35.2 Å². The molecule has 0 unspecified atom stereocenters. The molecule has 2 aromatic carbocycles. The summed E-state index contributed by atoms with van der Waals surface area (Å²) in [5.41, 5.74) is 2.00. The standard InChI is InChI=1S/C23H19N3O2/c1-28-23-18-12-6-5-11-17(18)15-20(25-23)22(27)26-21(16-9-3-2-4-10-16)19-13-7-8-14-24-19/h2-15,21H,1H3,(H,26,27)/t21-/m0/s1. The fraction of sp³-hybridized carbons (Fsp3) is 0.0870. The van der Waals surface area contributed by atoms with E-state index in [9.17, 15) is 4.79 Å². The van der Waals surface area contributed by atoms with Crippen molar-refractivity contribution < 1.29 is 9.53 Å². The Morgan fingerprint density at radius 3 is 2.46 bits per heavy atom. The molecule has 5 heteroatoms. The second-order valence-corrected chi connectivity index (χ2v) is 6.31. The lowest BCUT2D eigenvalue weighted by atomic mass is 10.0. The van der Waals surface area contributed by atoms with Gasteiger partial charge >= 0.3 is 0 Å². The third-order valence-electron chi connectivity index (χ3n) is 4.52. The Balaban J connectivity index is 1.71. The Labute approximate surface area is 163 Å². The number of aromatic nitrogens is 2. The fourth-order valence-corrected chi connectivity index (χ4v) is 3.16. The van der Waals surface area contributed by atoms with Crippen molar-refractivity contribution in [2.75, 3.05) is 7.11 Å². The van der Waals surface area contributed by atoms with Gasteiger partial charge < -0.3 is 10.1 Å². The van der Waals surface area contributed by atoms with Gasteiger partial charge in [0, 0.05) is 11.6 Å². The lowest BCUT2D eigenvalue weighted by Crippen LogP contribution is -2.30. The molecular weight excluding hydrogens is 350 g/mol. The second-order valence-electron chi connectivity index (χ2n) is 6.31. The molecule has 1 N–H and O–H groups in total. The molecule has 0 aliphatic rings. The quantitative estimate of drug-likeness (QED) is 0.574. The molecule has 28 heavy (non-hydrogen) atoms. The van der Waals surface area contributed by atoms with Crippen LogP contribution in [0.4, 0.5) is 0 Å². The van der Waals surface area contributed by atoms with Crippen molar-refractivity contribution in [3.8, 4) is 5.88 Å². The third-order valence-corrected chi connectivity index (χ3v) is 4.52. The number of hydrogen-bond donors (Lipinski definition) is 1. The molecule has 0 aliphatic carbocycles. The summed E-state index contributed by atoms with van der Waals surface area (Å²) in [6.07, 6.45) is 1.72. The lowest BCUT2D eigenvalue weighted by Gasteiger charge is -2.19. The van der Waals surface area contributed by atoms with Gasteiger partial charge in [0.05, 0.1) is 18.8 Å². The van der Waals surface area contributed by atoms with Crippen molar-refractivity contribution in [2.24, 2.45) is 0 Å². The summed E-state index contributed by atoms with van der Waals surface area (Å²) >= 11 is 0. The van der Waals surface area contributed by atoms with E-state index < -0.39 is 0 Å². The topological polar surface area (TPSA) is 64.1 Å². The van der Waals surface area contributed by atoms with E-state index in [4.69, 9.17) is 4.74 Å². The zero-order chi connectivity index (χ0) is 19.3. The summed E-state index contributed by atoms with van der Waals surface area (Å²) in [4.78, 5) is 21.9. The number of nitrogens with zero attached hydrogens (tertiary/aromatic N) is 2. The molecule has 0 radical (unpaired) electrons. The van der Waals surface area contributed by atoms with Crippen LogP contribution in [0.25, 0.3) is 10.8 Å². The molecule has 5 nitrogen and oxygen atoms in total. The maximum absolute atomic E-state index is 13.1. The molecule has 0 aliphatic heterocycles. The van der Waals surface area contributed by atoms with Crippen LogP contribution in [0.5, 0.6) is 5.88 Å². The zero-order valence-electron chi connectivity index (χ0n) is 15.4. The first-order valence-corrected chi connectivity index (χ1v) is 8.97. The van der Waals surface area contributed by atoms with E-state index in [1.165, 1.54) is 0 Å². The Kier molecular flexibility index (Phi) is 4.97. The van der Waals surface area contributed by atoms with Crippen molar-refractivity contribution in [3.63, 3.8) is 0 Å². The lowest BCUT2D eigenvalue weighted by molar-refractivity contribution is 0.0936. The van der Waals surface area contributed by atoms with Crippen molar-refractivity contribution in [3.05, 3.63) is 102 Å². The van der Waals surface area contributed by atoms with Gasteiger partial charge in [-0.1, -0.05) is 54.6 Å². The molecule has 4 aromatic rings. The molecule has 2 aromatic heterocycles. The fourth-order valence-electron chi connectivity index (χ4n) is 3.16. The number of hydrogen-bond acceptors (Lipinski definition) is 4. The van der Waals surface area contributed by atoms with E-state index in [2.05, 4.69) is 15.3 Å². The number of carbonyl (C=O) groups is 1. The van der Waals surface area contributed by atoms with E-state index in [-0.39, 0.29) is 11.9 Å². The molecule has 0 fully saturated rings. The highest BCUT2D eigenvalue weighted by Crippen LogP contribution is 2.25. The maximum atomic E-state index is 13.1. The average molecular weight is 369 g/mol. The van der Waals surface area contributed by atoms with E-state index in [0.717, 1.165) is 22.0 Å². The molecule has 1 amide bonds. The monoisotopic (exact) mass is 369 g/mol. The normalized spacial score (nSPS) is 11.8. The summed E-state index contributed by atoms with van der Waals surface area (Å²) in [7, 11) is 1.55. The Hall–Kier alpha value is -3.73. The number of amides is 1. The number of nitrogens with one attached hydrogen (secondary N) is 1. The van der Waals surface area contributed by atoms with E-state index in [1.54, 1.807) is 19.4 Å². The van der Waals surface area contributed by atoms with Crippen LogP contribution >= 0.6 is 0 Å². The predicted molar refractivity (Wildman–Crippen MR) is 108 cm³/mol. The van der Waals surface area contributed by atoms with Crippen LogP contribution in [0.2, 0.25) is 0 Å². The SMILES string of the molecule is COc1nc(C(=O)N[C@@H](c2ccccc2)c2ccccn2)cc2ccccc12. The van der Waals surface area contributed by atoms with Gasteiger partial charge in [-0.2, -0.15) is 0 Å². The largest absolute Gasteiger partial charge is 0.481 e. The van der Waals surface area contributed by atoms with E-state index in [0.29, 0.717) is 11.6 Å². The molecule has 4 rings (SSSR count). The smallest absolute Gasteiger partial charge is 0.270 e. The van der Waals surface area contributed by atoms with E-state index in [1.807, 2.05) is 72.8 Å². The number of pyridine rings is 2. The number of carbonyl (C=O) groups excluding carboxylic acids is 1. The minimum atomic E-state index is -0.380. The Morgan fingerprint density at radius 1 is 0.964 bits per heavy atom. The summed E-state index contributed by atoms with van der Waals surface area (Å²) in [5.74, 6) is 0.140. The van der Waals surface area contributed by atoms with Crippen LogP contribution < -0.4 is 10.1 Å². The number of ether oxygens (including phenoxy) is 1. The number of methoxy groups -OCH3 is 1. The third kappa shape index (κ3) is 3.55. The summed E-state index contributed by atoms with van der Waals surface area (Å²) in [6.45, 7) is 0. The van der Waals surface area contributed by atoms with Gasteiger partial charge in [0.2, 0.25) is 5.88 Å². The summed E-state index contributed by atoms with van der Waals surface area (Å²) in [5, 5.41) is 4.83. The minimum Gasteiger partial charge on any atom is -0.481 e. The first-order valence-electron chi connectivity index (χ1n) is 8.97. The second kappa shape index (κ2) is 7.88. The highest BCUT2D eigenvalue weighted by atomic mass is 16.5. The van der Waals surface area contributed by atoms with Crippen molar-refractivity contribution >= 4 is 16.7 Å². The highest BCUT2D eigenvalue weighted by molar-refractivity contribution is 5.98. The number of benzene rings is 2. The molecule has 1 atom stereocenters. The first-order chi connectivity index (χ1) is 13.8. The van der Waals surface area contributed by atoms with Crippen LogP contribution in [-0.4, -0.2) is 23.0 Å². The number of rotatable bonds is 5. The van der Waals surface area contributed by atoms with Gasteiger partial charge in [-0.3, -0.25) is 9.78 Å². The number of fused-ring (bicyclic) bond motifs is 1. The highest BCUT2D eigenvalue weighted by Gasteiger charge is 2.20. The van der Waals surface area contributed by atoms with Crippen LogP contribution in [0.1, 0.15) is 27.8 Å². The van der Waals surface area contributed by atoms with Crippen molar-refractivity contribution in [1.82, 2.24) is 15.3 Å². The molecule has 0 saturated carbocycles. The molecule has 138 valence electrons. The van der Waals surface area contributed by atoms with Crippen LogP contribution in [0, 0.1) is 0 Å². The predicted octanol–water partition coefficient (Wildman–Crippen LogP) is 4.16. The van der Waals surface area contributed by atoms with E-state index >= 15 is 0 Å². The maximum Gasteiger partial charge on any atom is 0.270 e. The molecule has 0 spiro atoms. The summed E-state index contributed by atoms with van der Waals surface area (Å²) < 4.78 is 5.39. The van der Waals surface area contributed by atoms with Gasteiger partial charge in [0.25, 0.3) is 5.91 Å². The first kappa shape index (κ1) is 17.7. The average Bonchev–Trinajstić information content (AvgIpc) is 2.77. The molecular formula is C23H19N3O2. The molecule has 0 bridgehead atoms. The van der Waals surface area contributed by atoms with Gasteiger partial charge in [-0.25, -0.2) is 4.98 Å². The van der Waals surface area contributed by atoms with Crippen molar-refractivity contribution in [2.45, 2.75) is 6.04 Å². The van der Waals surface area contributed by atoms with Crippen molar-refractivity contribution in [1.29, 1.82) is 0 Å². The molecule has 0 saturated heterocycles. The van der Waals surface area contributed by atoms with Gasteiger partial charge in [0.15, 0.2) is 0 Å². The van der Waals surface area contributed by atoms with Crippen LogP contribution in [0.15, 0.2) is 85.1 Å². The van der Waals surface area contributed by atoms with Gasteiger partial charge in [-0.15, -0.1) is 0 Å². The zero-order valence-corrected chi connectivity index (χ0v) is 15.4. The Bertz CT molecular complexity index is 1060. The van der Waals surface area contributed by atoms with Crippen LogP contribution in [0.3, 0.4) is 0 Å². The Morgan fingerprint density at radius 2 is 1.71 bits per heavy atom. The summed E-state index contributed by atoms with van der Waals surface area (Å²) in [6, 6.07) is 24.5. The van der Waals surface area contributed by atoms with Gasteiger partial charge in [0.1, 0.15) is 5.69 Å². The molecule has 2 heterocycles. The van der Waals surface area contributed by atoms with Crippen LogP contribution in [-0.2, 0) is 0 Å². The minimum absolute atomic E-state index is 0.288.